The lowest BCUT2D eigenvalue weighted by Crippen LogP contribution is -2.28. The molecule has 0 aliphatic rings. The van der Waals surface area contributed by atoms with E-state index >= 15 is 0 Å². The Labute approximate surface area is 129 Å². The molecule has 8 heteroatoms. The molecule has 8 nitrogen and oxygen atoms in total. The number of nitrogens with zero attached hydrogens (tertiary/aromatic N) is 3. The number of aromatic nitrogens is 3. The summed E-state index contributed by atoms with van der Waals surface area (Å²) >= 11 is 0. The van der Waals surface area contributed by atoms with Crippen molar-refractivity contribution in [1.82, 2.24) is 14.7 Å². The molecule has 0 aliphatic carbocycles. The zero-order valence-electron chi connectivity index (χ0n) is 12.4. The number of aliphatic carboxylic acids is 1. The summed E-state index contributed by atoms with van der Waals surface area (Å²) in [6.45, 7) is 1.40. The fourth-order valence-electron chi connectivity index (χ4n) is 2.28. The van der Waals surface area contributed by atoms with Gasteiger partial charge in [0.1, 0.15) is 29.2 Å². The summed E-state index contributed by atoms with van der Waals surface area (Å²) in [5.74, 6) is -0.618. The average molecular weight is 315 g/mol. The molecule has 1 unspecified atom stereocenters. The normalized spacial score (nSPS) is 12.3. The zero-order chi connectivity index (χ0) is 16.6. The first-order chi connectivity index (χ1) is 11.0. The smallest absolute Gasteiger partial charge is 0.326 e. The summed E-state index contributed by atoms with van der Waals surface area (Å²) in [5.41, 5.74) is 0.340. The third kappa shape index (κ3) is 2.33. The quantitative estimate of drug-likeness (QED) is 0.780. The number of carbonyl (C=O) groups is 1. The van der Waals surface area contributed by atoms with Gasteiger partial charge < -0.3 is 14.4 Å². The largest absolute Gasteiger partial charge is 0.496 e. The van der Waals surface area contributed by atoms with Crippen LogP contribution in [0.15, 0.2) is 39.9 Å². The van der Waals surface area contributed by atoms with Gasteiger partial charge in [0.05, 0.1) is 7.11 Å². The maximum absolute atomic E-state index is 12.6. The minimum absolute atomic E-state index is 0.0461. The molecule has 0 fully saturated rings. The number of rotatable bonds is 4. The van der Waals surface area contributed by atoms with Crippen LogP contribution in [0.25, 0.3) is 22.4 Å². The number of para-hydroxylation sites is 1. The average Bonchev–Trinajstić information content (AvgIpc) is 2.99. The fourth-order valence-corrected chi connectivity index (χ4v) is 2.28. The molecule has 0 radical (unpaired) electrons. The van der Waals surface area contributed by atoms with Gasteiger partial charge in [-0.25, -0.2) is 9.78 Å². The molecule has 1 N–H and O–H groups in total. The summed E-state index contributed by atoms with van der Waals surface area (Å²) < 4.78 is 11.4. The van der Waals surface area contributed by atoms with E-state index in [-0.39, 0.29) is 16.8 Å². The molecule has 0 saturated heterocycles. The molecule has 3 aromatic rings. The first-order valence-electron chi connectivity index (χ1n) is 6.77. The van der Waals surface area contributed by atoms with Gasteiger partial charge in [0, 0.05) is 5.56 Å². The van der Waals surface area contributed by atoms with Gasteiger partial charge in [-0.05, 0) is 19.1 Å². The maximum Gasteiger partial charge on any atom is 0.326 e. The van der Waals surface area contributed by atoms with Crippen molar-refractivity contribution in [2.45, 2.75) is 13.0 Å². The second kappa shape index (κ2) is 5.56. The molecule has 3 rings (SSSR count). The van der Waals surface area contributed by atoms with Crippen LogP contribution in [-0.4, -0.2) is 32.9 Å². The number of fused-ring (bicyclic) bond motifs is 1. The van der Waals surface area contributed by atoms with E-state index in [2.05, 4.69) is 10.1 Å². The molecule has 2 heterocycles. The standard InChI is InChI=1S/C15H13N3O5/c1-8(15(20)21)18-7-16-13-11(14(18)19)12(17-23-13)9-5-3-4-6-10(9)22-2/h3-8H,1-2H3,(H,20,21). The first kappa shape index (κ1) is 14.8. The van der Waals surface area contributed by atoms with Crippen molar-refractivity contribution in [1.29, 1.82) is 0 Å². The van der Waals surface area contributed by atoms with Gasteiger partial charge in [-0.2, -0.15) is 0 Å². The Morgan fingerprint density at radius 3 is 2.83 bits per heavy atom. The number of methoxy groups -OCH3 is 1. The van der Waals surface area contributed by atoms with Crippen LogP contribution < -0.4 is 10.3 Å². The van der Waals surface area contributed by atoms with Crippen molar-refractivity contribution in [2.24, 2.45) is 0 Å². The maximum atomic E-state index is 12.6. The highest BCUT2D eigenvalue weighted by Gasteiger charge is 2.22. The van der Waals surface area contributed by atoms with Gasteiger partial charge in [0.15, 0.2) is 0 Å². The summed E-state index contributed by atoms with van der Waals surface area (Å²) in [7, 11) is 1.50. The van der Waals surface area contributed by atoms with E-state index in [0.717, 1.165) is 10.9 Å². The molecule has 0 saturated carbocycles. The van der Waals surface area contributed by atoms with Crippen LogP contribution >= 0.6 is 0 Å². The van der Waals surface area contributed by atoms with Gasteiger partial charge in [-0.15, -0.1) is 0 Å². The lowest BCUT2D eigenvalue weighted by Gasteiger charge is -2.09. The number of carboxylic acids is 1. The third-order valence-corrected chi connectivity index (χ3v) is 3.56. The molecule has 1 atom stereocenters. The van der Waals surface area contributed by atoms with E-state index in [1.165, 1.54) is 14.0 Å². The second-order valence-corrected chi connectivity index (χ2v) is 4.88. The number of carboxylic acid groups (broad SMARTS) is 1. The van der Waals surface area contributed by atoms with Gasteiger partial charge in [-0.1, -0.05) is 17.3 Å². The number of ether oxygens (including phenoxy) is 1. The topological polar surface area (TPSA) is 107 Å². The summed E-state index contributed by atoms with van der Waals surface area (Å²) in [5, 5.41) is 13.1. The first-order valence-corrected chi connectivity index (χ1v) is 6.77. The molecule has 0 spiro atoms. The predicted octanol–water partition coefficient (Wildman–Crippen LogP) is 1.71. The molecular formula is C15H13N3O5. The minimum atomic E-state index is -1.14. The van der Waals surface area contributed by atoms with Crippen LogP contribution in [-0.2, 0) is 4.79 Å². The van der Waals surface area contributed by atoms with E-state index in [4.69, 9.17) is 14.4 Å². The lowest BCUT2D eigenvalue weighted by atomic mass is 10.1. The van der Waals surface area contributed by atoms with Crippen molar-refractivity contribution in [2.75, 3.05) is 7.11 Å². The van der Waals surface area contributed by atoms with Gasteiger partial charge in [0.25, 0.3) is 11.3 Å². The fraction of sp³-hybridized carbons (Fsp3) is 0.200. The Morgan fingerprint density at radius 1 is 1.39 bits per heavy atom. The second-order valence-electron chi connectivity index (χ2n) is 4.88. The van der Waals surface area contributed by atoms with Crippen LogP contribution in [0.4, 0.5) is 0 Å². The highest BCUT2D eigenvalue weighted by atomic mass is 16.5. The monoisotopic (exact) mass is 315 g/mol. The van der Waals surface area contributed by atoms with E-state index in [0.29, 0.717) is 11.3 Å². The van der Waals surface area contributed by atoms with Crippen molar-refractivity contribution in [3.63, 3.8) is 0 Å². The number of benzene rings is 1. The van der Waals surface area contributed by atoms with Crippen molar-refractivity contribution in [3.05, 3.63) is 40.9 Å². The van der Waals surface area contributed by atoms with Crippen LogP contribution in [0.1, 0.15) is 13.0 Å². The molecule has 0 aliphatic heterocycles. The Kier molecular flexibility index (Phi) is 3.57. The van der Waals surface area contributed by atoms with Crippen LogP contribution in [0.5, 0.6) is 5.75 Å². The molecule has 1 aromatic carbocycles. The van der Waals surface area contributed by atoms with Crippen molar-refractivity contribution in [3.8, 4) is 17.0 Å². The Balaban J connectivity index is 2.30. The molecule has 0 amide bonds. The van der Waals surface area contributed by atoms with E-state index in [9.17, 15) is 9.59 Å². The minimum Gasteiger partial charge on any atom is -0.496 e. The van der Waals surface area contributed by atoms with Crippen molar-refractivity contribution < 1.29 is 19.2 Å². The Bertz CT molecular complexity index is 944. The third-order valence-electron chi connectivity index (χ3n) is 3.56. The highest BCUT2D eigenvalue weighted by molar-refractivity contribution is 5.90. The van der Waals surface area contributed by atoms with Gasteiger partial charge in [0.2, 0.25) is 0 Å². The van der Waals surface area contributed by atoms with Gasteiger partial charge >= 0.3 is 5.97 Å². The molecule has 2 aromatic heterocycles. The van der Waals surface area contributed by atoms with Crippen LogP contribution in [0, 0.1) is 0 Å². The van der Waals surface area contributed by atoms with Gasteiger partial charge in [-0.3, -0.25) is 9.36 Å². The molecule has 118 valence electrons. The Morgan fingerprint density at radius 2 is 2.13 bits per heavy atom. The lowest BCUT2D eigenvalue weighted by molar-refractivity contribution is -0.140. The molecule has 23 heavy (non-hydrogen) atoms. The summed E-state index contributed by atoms with van der Waals surface area (Å²) in [6.07, 6.45) is 1.14. The molecule has 0 bridgehead atoms. The molecular weight excluding hydrogens is 302 g/mol. The summed E-state index contributed by atoms with van der Waals surface area (Å²) in [6, 6.07) is 5.96. The SMILES string of the molecule is COc1ccccc1-c1noc2ncn(C(C)C(=O)O)c(=O)c12. The van der Waals surface area contributed by atoms with Crippen LogP contribution in [0.3, 0.4) is 0 Å². The number of hydrogen-bond donors (Lipinski definition) is 1. The van der Waals surface area contributed by atoms with E-state index < -0.39 is 17.6 Å². The zero-order valence-corrected chi connectivity index (χ0v) is 12.4. The number of hydrogen-bond acceptors (Lipinski definition) is 6. The van der Waals surface area contributed by atoms with E-state index in [1.807, 2.05) is 0 Å². The summed E-state index contributed by atoms with van der Waals surface area (Å²) in [4.78, 5) is 27.8. The van der Waals surface area contributed by atoms with Crippen LogP contribution in [0.2, 0.25) is 0 Å². The van der Waals surface area contributed by atoms with Crippen molar-refractivity contribution >= 4 is 17.1 Å². The highest BCUT2D eigenvalue weighted by Crippen LogP contribution is 2.32. The predicted molar refractivity (Wildman–Crippen MR) is 80.4 cm³/mol. The van der Waals surface area contributed by atoms with E-state index in [1.54, 1.807) is 24.3 Å². The Hall–Kier alpha value is -3.16.